The first-order chi connectivity index (χ1) is 15.7. The lowest BCUT2D eigenvalue weighted by molar-refractivity contribution is -0.115. The van der Waals surface area contributed by atoms with Crippen LogP contribution in [0.4, 0.5) is 5.69 Å². The zero-order chi connectivity index (χ0) is 22.3. The Balaban J connectivity index is 1.53. The molecule has 4 aromatic rings. The zero-order valence-electron chi connectivity index (χ0n) is 18.1. The molecule has 1 N–H and O–H groups in total. The first-order valence-corrected chi connectivity index (χ1v) is 11.5. The fraction of sp³-hybridized carbons (Fsp3) is 0.200. The van der Waals surface area contributed by atoms with Crippen LogP contribution in [0, 0.1) is 0 Å². The van der Waals surface area contributed by atoms with Crippen molar-refractivity contribution in [2.75, 3.05) is 5.32 Å². The van der Waals surface area contributed by atoms with E-state index in [1.165, 1.54) is 11.8 Å². The molecule has 4 rings (SSSR count). The van der Waals surface area contributed by atoms with Gasteiger partial charge in [0.2, 0.25) is 5.91 Å². The van der Waals surface area contributed by atoms with Gasteiger partial charge in [0.15, 0.2) is 11.0 Å². The van der Waals surface area contributed by atoms with E-state index in [4.69, 9.17) is 0 Å². The second kappa shape index (κ2) is 10.2. The highest BCUT2D eigenvalue weighted by atomic mass is 32.2. The second-order valence-electron chi connectivity index (χ2n) is 7.35. The summed E-state index contributed by atoms with van der Waals surface area (Å²) >= 11 is 1.42. The smallest absolute Gasteiger partial charge is 0.237 e. The molecule has 0 aliphatic rings. The van der Waals surface area contributed by atoms with Crippen molar-refractivity contribution in [2.24, 2.45) is 0 Å². The van der Waals surface area contributed by atoms with Crippen LogP contribution in [0.15, 0.2) is 84.3 Å². The lowest BCUT2D eigenvalue weighted by atomic mass is 10.0. The van der Waals surface area contributed by atoms with E-state index >= 15 is 0 Å². The molecule has 0 spiro atoms. The summed E-state index contributed by atoms with van der Waals surface area (Å²) in [5, 5.41) is 12.3. The third-order valence-corrected chi connectivity index (χ3v) is 6.10. The molecule has 0 bridgehead atoms. The molecule has 7 heteroatoms. The van der Waals surface area contributed by atoms with E-state index in [1.54, 1.807) is 12.4 Å². The number of pyridine rings is 1. The van der Waals surface area contributed by atoms with Gasteiger partial charge in [-0.2, -0.15) is 0 Å². The first kappa shape index (κ1) is 21.8. The van der Waals surface area contributed by atoms with Crippen LogP contribution in [-0.2, 0) is 11.3 Å². The highest BCUT2D eigenvalue weighted by Crippen LogP contribution is 2.30. The number of rotatable bonds is 8. The SMILES string of the molecule is CCCn1c(SC(C)C(=O)Nc2ccccc2-c2ccccc2)nnc1-c1ccncc1. The molecule has 0 saturated heterocycles. The van der Waals surface area contributed by atoms with Crippen LogP contribution in [0.5, 0.6) is 0 Å². The molecule has 0 aliphatic carbocycles. The second-order valence-corrected chi connectivity index (χ2v) is 8.66. The Morgan fingerprint density at radius 2 is 1.69 bits per heavy atom. The van der Waals surface area contributed by atoms with Gasteiger partial charge in [-0.05, 0) is 37.1 Å². The van der Waals surface area contributed by atoms with Crippen LogP contribution in [0.1, 0.15) is 20.3 Å². The maximum atomic E-state index is 13.0. The van der Waals surface area contributed by atoms with Crippen molar-refractivity contribution < 1.29 is 4.79 Å². The molecule has 2 aromatic heterocycles. The number of nitrogens with one attached hydrogen (secondary N) is 1. The number of para-hydroxylation sites is 1. The number of thioether (sulfide) groups is 1. The fourth-order valence-electron chi connectivity index (χ4n) is 3.42. The van der Waals surface area contributed by atoms with Crippen LogP contribution < -0.4 is 5.32 Å². The number of amides is 1. The molecule has 0 aliphatic heterocycles. The van der Waals surface area contributed by atoms with Crippen molar-refractivity contribution in [3.05, 3.63) is 79.1 Å². The Labute approximate surface area is 192 Å². The Hall–Kier alpha value is -3.45. The van der Waals surface area contributed by atoms with Crippen molar-refractivity contribution in [1.29, 1.82) is 0 Å². The van der Waals surface area contributed by atoms with Gasteiger partial charge in [0, 0.05) is 35.8 Å². The Morgan fingerprint density at radius 3 is 2.44 bits per heavy atom. The van der Waals surface area contributed by atoms with E-state index in [0.29, 0.717) is 0 Å². The fourth-order valence-corrected chi connectivity index (χ4v) is 4.30. The number of nitrogens with zero attached hydrogens (tertiary/aromatic N) is 4. The molecule has 0 radical (unpaired) electrons. The summed E-state index contributed by atoms with van der Waals surface area (Å²) in [5.74, 6) is 0.716. The molecule has 1 atom stereocenters. The standard InChI is InChI=1S/C25H25N5OS/c1-3-17-30-23(20-13-15-26-16-14-20)28-29-25(30)32-18(2)24(31)27-22-12-8-7-11-21(22)19-9-5-4-6-10-19/h4-16,18H,3,17H2,1-2H3,(H,27,31). The number of carbonyl (C=O) groups excluding carboxylic acids is 1. The number of carbonyl (C=O) groups is 1. The Bertz CT molecular complexity index is 1180. The van der Waals surface area contributed by atoms with Gasteiger partial charge in [-0.15, -0.1) is 10.2 Å². The molecule has 0 saturated carbocycles. The zero-order valence-corrected chi connectivity index (χ0v) is 18.9. The van der Waals surface area contributed by atoms with E-state index in [0.717, 1.165) is 46.3 Å². The normalized spacial score (nSPS) is 11.8. The van der Waals surface area contributed by atoms with Crippen LogP contribution in [0.2, 0.25) is 0 Å². The minimum Gasteiger partial charge on any atom is -0.325 e. The van der Waals surface area contributed by atoms with Crippen LogP contribution >= 0.6 is 11.8 Å². The molecule has 1 amide bonds. The number of benzene rings is 2. The average molecular weight is 444 g/mol. The summed E-state index contributed by atoms with van der Waals surface area (Å²) in [4.78, 5) is 17.1. The molecule has 0 fully saturated rings. The third-order valence-electron chi connectivity index (χ3n) is 5.02. The van der Waals surface area contributed by atoms with Crippen LogP contribution in [-0.4, -0.2) is 30.9 Å². The van der Waals surface area contributed by atoms with Gasteiger partial charge < -0.3 is 9.88 Å². The molecule has 2 aromatic carbocycles. The summed E-state index contributed by atoms with van der Waals surface area (Å²) in [6, 6.07) is 21.7. The van der Waals surface area contributed by atoms with Crippen molar-refractivity contribution in [2.45, 2.75) is 37.2 Å². The van der Waals surface area contributed by atoms with Crippen molar-refractivity contribution >= 4 is 23.4 Å². The van der Waals surface area contributed by atoms with Gasteiger partial charge in [-0.25, -0.2) is 0 Å². The largest absolute Gasteiger partial charge is 0.325 e. The van der Waals surface area contributed by atoms with Gasteiger partial charge in [0.05, 0.1) is 5.25 Å². The molecular weight excluding hydrogens is 418 g/mol. The van der Waals surface area contributed by atoms with Crippen molar-refractivity contribution in [1.82, 2.24) is 19.7 Å². The van der Waals surface area contributed by atoms with E-state index in [1.807, 2.05) is 73.7 Å². The van der Waals surface area contributed by atoms with Gasteiger partial charge >= 0.3 is 0 Å². The Kier molecular flexibility index (Phi) is 6.97. The monoisotopic (exact) mass is 443 g/mol. The van der Waals surface area contributed by atoms with Crippen LogP contribution in [0.25, 0.3) is 22.5 Å². The van der Waals surface area contributed by atoms with Crippen molar-refractivity contribution in [3.8, 4) is 22.5 Å². The molecule has 2 heterocycles. The van der Waals surface area contributed by atoms with E-state index < -0.39 is 0 Å². The van der Waals surface area contributed by atoms with Gasteiger partial charge in [0.25, 0.3) is 0 Å². The third kappa shape index (κ3) is 4.89. The quantitative estimate of drug-likeness (QED) is 0.362. The highest BCUT2D eigenvalue weighted by Gasteiger charge is 2.21. The predicted octanol–water partition coefficient (Wildman–Crippen LogP) is 5.54. The molecule has 6 nitrogen and oxygen atoms in total. The topological polar surface area (TPSA) is 72.7 Å². The first-order valence-electron chi connectivity index (χ1n) is 10.6. The number of aromatic nitrogens is 4. The number of hydrogen-bond donors (Lipinski definition) is 1. The summed E-state index contributed by atoms with van der Waals surface area (Å²) in [6.45, 7) is 4.78. The minimum atomic E-state index is -0.344. The lowest BCUT2D eigenvalue weighted by Gasteiger charge is -2.15. The van der Waals surface area contributed by atoms with Gasteiger partial charge in [-0.1, -0.05) is 67.2 Å². The summed E-state index contributed by atoms with van der Waals surface area (Å²) < 4.78 is 2.07. The van der Waals surface area contributed by atoms with E-state index in [-0.39, 0.29) is 11.2 Å². The summed E-state index contributed by atoms with van der Waals surface area (Å²) in [7, 11) is 0. The van der Waals surface area contributed by atoms with Crippen LogP contribution in [0.3, 0.4) is 0 Å². The number of anilines is 1. The molecule has 1 unspecified atom stereocenters. The van der Waals surface area contributed by atoms with Gasteiger partial charge in [-0.3, -0.25) is 9.78 Å². The van der Waals surface area contributed by atoms with E-state index in [2.05, 4.69) is 32.0 Å². The minimum absolute atomic E-state index is 0.0742. The van der Waals surface area contributed by atoms with E-state index in [9.17, 15) is 4.79 Å². The molecule has 32 heavy (non-hydrogen) atoms. The summed E-state index contributed by atoms with van der Waals surface area (Å²) in [5.41, 5.74) is 3.81. The maximum absolute atomic E-state index is 13.0. The highest BCUT2D eigenvalue weighted by molar-refractivity contribution is 8.00. The predicted molar refractivity (Wildman–Crippen MR) is 129 cm³/mol. The number of hydrogen-bond acceptors (Lipinski definition) is 5. The lowest BCUT2D eigenvalue weighted by Crippen LogP contribution is -2.23. The van der Waals surface area contributed by atoms with Crippen molar-refractivity contribution in [3.63, 3.8) is 0 Å². The maximum Gasteiger partial charge on any atom is 0.237 e. The molecule has 162 valence electrons. The average Bonchev–Trinajstić information content (AvgIpc) is 3.23. The molecular formula is C25H25N5OS. The summed E-state index contributed by atoms with van der Waals surface area (Å²) in [6.07, 6.45) is 4.43. The Morgan fingerprint density at radius 1 is 0.969 bits per heavy atom. The van der Waals surface area contributed by atoms with Gasteiger partial charge in [0.1, 0.15) is 0 Å².